The first-order chi connectivity index (χ1) is 11.3. The van der Waals surface area contributed by atoms with Crippen molar-refractivity contribution in [3.8, 4) is 0 Å². The van der Waals surface area contributed by atoms with Crippen LogP contribution in [0, 0.1) is 0 Å². The van der Waals surface area contributed by atoms with Gasteiger partial charge in [0.05, 0.1) is 17.5 Å². The zero-order chi connectivity index (χ0) is 15.6. The predicted octanol–water partition coefficient (Wildman–Crippen LogP) is 3.61. The van der Waals surface area contributed by atoms with E-state index in [0.29, 0.717) is 23.3 Å². The van der Waals surface area contributed by atoms with Gasteiger partial charge in [0.2, 0.25) is 11.8 Å². The third-order valence-electron chi connectivity index (χ3n) is 4.32. The summed E-state index contributed by atoms with van der Waals surface area (Å²) in [6.07, 6.45) is 4.51. The number of carbonyl (C=O) groups is 1. The molecule has 0 bridgehead atoms. The molecule has 0 N–H and O–H groups in total. The van der Waals surface area contributed by atoms with E-state index in [1.807, 2.05) is 4.90 Å². The molecule has 122 valence electrons. The summed E-state index contributed by atoms with van der Waals surface area (Å²) < 4.78 is 5.25. The summed E-state index contributed by atoms with van der Waals surface area (Å²) in [5.74, 6) is 3.29. The number of hydrogen-bond donors (Lipinski definition) is 0. The molecule has 3 heterocycles. The average Bonchev–Trinajstić information content (AvgIpc) is 3.02. The molecule has 0 unspecified atom stereocenters. The summed E-state index contributed by atoms with van der Waals surface area (Å²) in [4.78, 5) is 20.2. The van der Waals surface area contributed by atoms with E-state index >= 15 is 0 Å². The topological polar surface area (TPSA) is 59.2 Å². The Hall–Kier alpha value is -1.34. The molecule has 0 spiro atoms. The first-order valence-electron chi connectivity index (χ1n) is 8.04. The standard InChI is InChI=1S/C16H19N3O2S2/c20-15(19-7-1-3-12(19)13-4-2-8-23-13)10-22-9-14-17-16(18-21-14)11-5-6-11/h2,4,8,11-12H,1,3,5-7,9-10H2/t12-/m0/s1. The lowest BCUT2D eigenvalue weighted by Crippen LogP contribution is -2.31. The molecule has 23 heavy (non-hydrogen) atoms. The summed E-state index contributed by atoms with van der Waals surface area (Å²) in [5.41, 5.74) is 0. The lowest BCUT2D eigenvalue weighted by atomic mass is 10.2. The van der Waals surface area contributed by atoms with Crippen LogP contribution in [-0.2, 0) is 10.5 Å². The van der Waals surface area contributed by atoms with E-state index in [-0.39, 0.29) is 11.9 Å². The Morgan fingerprint density at radius 3 is 3.13 bits per heavy atom. The van der Waals surface area contributed by atoms with Gasteiger partial charge in [-0.1, -0.05) is 11.2 Å². The molecule has 2 aromatic rings. The Morgan fingerprint density at radius 1 is 1.43 bits per heavy atom. The summed E-state index contributed by atoms with van der Waals surface area (Å²) in [6.45, 7) is 0.869. The largest absolute Gasteiger partial charge is 0.338 e. The second-order valence-electron chi connectivity index (χ2n) is 6.07. The van der Waals surface area contributed by atoms with E-state index in [0.717, 1.165) is 25.2 Å². The molecule has 1 aliphatic heterocycles. The van der Waals surface area contributed by atoms with Crippen molar-refractivity contribution in [2.75, 3.05) is 12.3 Å². The van der Waals surface area contributed by atoms with Crippen LogP contribution in [0.4, 0.5) is 0 Å². The van der Waals surface area contributed by atoms with Crippen molar-refractivity contribution in [2.45, 2.75) is 43.4 Å². The molecule has 1 atom stereocenters. The number of rotatable bonds is 6. The number of amides is 1. The van der Waals surface area contributed by atoms with Crippen LogP contribution in [0.25, 0.3) is 0 Å². The van der Waals surface area contributed by atoms with Crippen LogP contribution in [0.5, 0.6) is 0 Å². The zero-order valence-corrected chi connectivity index (χ0v) is 14.4. The van der Waals surface area contributed by atoms with Crippen LogP contribution in [0.3, 0.4) is 0 Å². The molecule has 1 saturated carbocycles. The molecule has 2 fully saturated rings. The van der Waals surface area contributed by atoms with Crippen LogP contribution in [0.2, 0.25) is 0 Å². The Balaban J connectivity index is 1.29. The highest BCUT2D eigenvalue weighted by molar-refractivity contribution is 7.99. The van der Waals surface area contributed by atoms with E-state index in [9.17, 15) is 4.79 Å². The van der Waals surface area contributed by atoms with Gasteiger partial charge >= 0.3 is 0 Å². The molecule has 4 rings (SSSR count). The van der Waals surface area contributed by atoms with E-state index in [2.05, 4.69) is 27.7 Å². The maximum Gasteiger partial charge on any atom is 0.236 e. The Labute approximate surface area is 143 Å². The molecule has 7 heteroatoms. The normalized spacial score (nSPS) is 21.0. The fourth-order valence-corrected chi connectivity index (χ4v) is 4.59. The molecule has 1 saturated heterocycles. The molecule has 2 aliphatic rings. The minimum absolute atomic E-state index is 0.216. The molecule has 0 radical (unpaired) electrons. The van der Waals surface area contributed by atoms with E-state index in [1.165, 1.54) is 17.7 Å². The Bertz CT molecular complexity index is 667. The smallest absolute Gasteiger partial charge is 0.236 e. The molecule has 0 aromatic carbocycles. The van der Waals surface area contributed by atoms with Crippen molar-refractivity contribution in [1.82, 2.24) is 15.0 Å². The zero-order valence-electron chi connectivity index (χ0n) is 12.8. The number of thiophene rings is 1. The van der Waals surface area contributed by atoms with Gasteiger partial charge in [-0.2, -0.15) is 4.98 Å². The number of likely N-dealkylation sites (tertiary alicyclic amines) is 1. The van der Waals surface area contributed by atoms with E-state index in [4.69, 9.17) is 4.52 Å². The summed E-state index contributed by atoms with van der Waals surface area (Å²) in [7, 11) is 0. The lowest BCUT2D eigenvalue weighted by molar-refractivity contribution is -0.129. The van der Waals surface area contributed by atoms with Crippen LogP contribution in [0.1, 0.15) is 54.2 Å². The molecule has 1 aliphatic carbocycles. The maximum absolute atomic E-state index is 12.5. The van der Waals surface area contributed by atoms with Gasteiger partial charge < -0.3 is 9.42 Å². The van der Waals surface area contributed by atoms with Gasteiger partial charge in [0.15, 0.2) is 5.82 Å². The molecule has 2 aromatic heterocycles. The van der Waals surface area contributed by atoms with Gasteiger partial charge in [-0.3, -0.25) is 4.79 Å². The quantitative estimate of drug-likeness (QED) is 0.797. The van der Waals surface area contributed by atoms with Crippen LogP contribution in [0.15, 0.2) is 22.0 Å². The summed E-state index contributed by atoms with van der Waals surface area (Å²) >= 11 is 3.30. The number of aromatic nitrogens is 2. The van der Waals surface area contributed by atoms with Gasteiger partial charge in [0, 0.05) is 17.3 Å². The molecule has 1 amide bonds. The first-order valence-corrected chi connectivity index (χ1v) is 10.1. The number of hydrogen-bond acceptors (Lipinski definition) is 6. The minimum Gasteiger partial charge on any atom is -0.338 e. The van der Waals surface area contributed by atoms with Gasteiger partial charge in [-0.25, -0.2) is 0 Å². The second kappa shape index (κ2) is 6.65. The number of thioether (sulfide) groups is 1. The Kier molecular flexibility index (Phi) is 4.39. The van der Waals surface area contributed by atoms with Crippen LogP contribution < -0.4 is 0 Å². The van der Waals surface area contributed by atoms with Gasteiger partial charge in [0.1, 0.15) is 0 Å². The third-order valence-corrected chi connectivity index (χ3v) is 6.20. The number of carbonyl (C=O) groups excluding carboxylic acids is 1. The predicted molar refractivity (Wildman–Crippen MR) is 90.4 cm³/mol. The van der Waals surface area contributed by atoms with Gasteiger partial charge in [-0.15, -0.1) is 23.1 Å². The van der Waals surface area contributed by atoms with Crippen molar-refractivity contribution < 1.29 is 9.32 Å². The van der Waals surface area contributed by atoms with E-state index < -0.39 is 0 Å². The van der Waals surface area contributed by atoms with Crippen molar-refractivity contribution in [3.05, 3.63) is 34.1 Å². The maximum atomic E-state index is 12.5. The fourth-order valence-electron chi connectivity index (χ4n) is 2.98. The average molecular weight is 349 g/mol. The van der Waals surface area contributed by atoms with Crippen LogP contribution in [-0.4, -0.2) is 33.2 Å². The third kappa shape index (κ3) is 3.45. The highest BCUT2D eigenvalue weighted by atomic mass is 32.2. The lowest BCUT2D eigenvalue weighted by Gasteiger charge is -2.23. The highest BCUT2D eigenvalue weighted by Crippen LogP contribution is 2.38. The SMILES string of the molecule is O=C(CSCc1nc(C2CC2)no1)N1CCC[C@H]1c1cccs1. The molecular formula is C16H19N3O2S2. The van der Waals surface area contributed by atoms with Gasteiger partial charge in [-0.05, 0) is 37.1 Å². The van der Waals surface area contributed by atoms with Crippen molar-refractivity contribution >= 4 is 29.0 Å². The highest BCUT2D eigenvalue weighted by Gasteiger charge is 2.31. The van der Waals surface area contributed by atoms with Gasteiger partial charge in [0.25, 0.3) is 0 Å². The molecular weight excluding hydrogens is 330 g/mol. The summed E-state index contributed by atoms with van der Waals surface area (Å²) in [5, 5.41) is 6.09. The second-order valence-corrected chi connectivity index (χ2v) is 8.04. The Morgan fingerprint density at radius 2 is 2.35 bits per heavy atom. The first kappa shape index (κ1) is 15.2. The monoisotopic (exact) mass is 349 g/mol. The minimum atomic E-state index is 0.216. The van der Waals surface area contributed by atoms with Crippen LogP contribution >= 0.6 is 23.1 Å². The fraction of sp³-hybridized carbons (Fsp3) is 0.562. The number of nitrogens with zero attached hydrogens (tertiary/aromatic N) is 3. The van der Waals surface area contributed by atoms with E-state index in [1.54, 1.807) is 23.1 Å². The molecule has 5 nitrogen and oxygen atoms in total. The summed E-state index contributed by atoms with van der Waals surface area (Å²) in [6, 6.07) is 4.46. The van der Waals surface area contributed by atoms with Crippen molar-refractivity contribution in [2.24, 2.45) is 0 Å². The van der Waals surface area contributed by atoms with Crippen molar-refractivity contribution in [1.29, 1.82) is 0 Å². The van der Waals surface area contributed by atoms with Crippen molar-refractivity contribution in [3.63, 3.8) is 0 Å².